The summed E-state index contributed by atoms with van der Waals surface area (Å²) >= 11 is 0. The highest BCUT2D eigenvalue weighted by Crippen LogP contribution is 2.29. The fourth-order valence-electron chi connectivity index (χ4n) is 3.14. The lowest BCUT2D eigenvalue weighted by atomic mass is 9.98. The van der Waals surface area contributed by atoms with Gasteiger partial charge in [-0.05, 0) is 41.8 Å². The van der Waals surface area contributed by atoms with Gasteiger partial charge in [0.15, 0.2) is 11.5 Å². The van der Waals surface area contributed by atoms with Crippen molar-refractivity contribution in [2.45, 2.75) is 18.8 Å². The SMILES string of the molecule is COc1cc(CC(=O)N2CC[C@H](c3cccc(F)c3)C2)ccc1O. The Hall–Kier alpha value is -2.56. The molecule has 5 heteroatoms. The predicted octanol–water partition coefficient (Wildman–Crippen LogP) is 3.10. The first kappa shape index (κ1) is 16.3. The number of aromatic hydroxyl groups is 1. The third-order valence-corrected chi connectivity index (χ3v) is 4.46. The van der Waals surface area contributed by atoms with Gasteiger partial charge in [-0.2, -0.15) is 0 Å². The molecule has 1 N–H and O–H groups in total. The van der Waals surface area contributed by atoms with E-state index in [1.165, 1.54) is 19.2 Å². The van der Waals surface area contributed by atoms with Crippen molar-refractivity contribution in [3.05, 3.63) is 59.4 Å². The van der Waals surface area contributed by atoms with Gasteiger partial charge in [0.25, 0.3) is 0 Å². The van der Waals surface area contributed by atoms with Crippen LogP contribution in [-0.2, 0) is 11.2 Å². The van der Waals surface area contributed by atoms with Crippen LogP contribution in [0.2, 0.25) is 0 Å². The van der Waals surface area contributed by atoms with Crippen molar-refractivity contribution in [1.82, 2.24) is 4.90 Å². The number of hydrogen-bond donors (Lipinski definition) is 1. The van der Waals surface area contributed by atoms with Crippen LogP contribution in [0.1, 0.15) is 23.5 Å². The summed E-state index contributed by atoms with van der Waals surface area (Å²) in [5.74, 6) is 0.384. The molecule has 0 aromatic heterocycles. The number of benzene rings is 2. The molecule has 2 aromatic rings. The van der Waals surface area contributed by atoms with Gasteiger partial charge < -0.3 is 14.7 Å². The van der Waals surface area contributed by atoms with Crippen LogP contribution in [0.3, 0.4) is 0 Å². The number of phenolic OH excluding ortho intramolecular Hbond substituents is 1. The smallest absolute Gasteiger partial charge is 0.227 e. The van der Waals surface area contributed by atoms with Crippen LogP contribution in [0, 0.1) is 5.82 Å². The Morgan fingerprint density at radius 1 is 1.33 bits per heavy atom. The summed E-state index contributed by atoms with van der Waals surface area (Å²) in [5, 5.41) is 9.61. The minimum Gasteiger partial charge on any atom is -0.504 e. The van der Waals surface area contributed by atoms with E-state index in [9.17, 15) is 14.3 Å². The molecule has 4 nitrogen and oxygen atoms in total. The summed E-state index contributed by atoms with van der Waals surface area (Å²) in [5.41, 5.74) is 1.74. The number of rotatable bonds is 4. The molecule has 1 atom stereocenters. The predicted molar refractivity (Wildman–Crippen MR) is 88.7 cm³/mol. The van der Waals surface area contributed by atoms with E-state index < -0.39 is 0 Å². The molecule has 0 bridgehead atoms. The van der Waals surface area contributed by atoms with Crippen LogP contribution in [0.4, 0.5) is 4.39 Å². The number of ether oxygens (including phenoxy) is 1. The van der Waals surface area contributed by atoms with Crippen LogP contribution >= 0.6 is 0 Å². The maximum atomic E-state index is 13.4. The number of amides is 1. The molecule has 3 rings (SSSR count). The first-order chi connectivity index (χ1) is 11.6. The standard InChI is InChI=1S/C19H20FNO3/c1-24-18-9-13(5-6-17(18)22)10-19(23)21-8-7-15(12-21)14-3-2-4-16(20)11-14/h2-6,9,11,15,22H,7-8,10,12H2,1H3/t15-/m0/s1. The van der Waals surface area contributed by atoms with E-state index >= 15 is 0 Å². The average Bonchev–Trinajstić information content (AvgIpc) is 3.07. The summed E-state index contributed by atoms with van der Waals surface area (Å²) in [6.45, 7) is 1.28. The van der Waals surface area contributed by atoms with Crippen LogP contribution < -0.4 is 4.74 Å². The van der Waals surface area contributed by atoms with Crippen LogP contribution in [-0.4, -0.2) is 36.1 Å². The normalized spacial score (nSPS) is 17.1. The topological polar surface area (TPSA) is 49.8 Å². The molecule has 1 aliphatic heterocycles. The van der Waals surface area contributed by atoms with Gasteiger partial charge in [-0.25, -0.2) is 4.39 Å². The minimum absolute atomic E-state index is 0.0293. The zero-order valence-corrected chi connectivity index (χ0v) is 13.5. The lowest BCUT2D eigenvalue weighted by molar-refractivity contribution is -0.129. The quantitative estimate of drug-likeness (QED) is 0.938. The maximum Gasteiger partial charge on any atom is 0.227 e. The Balaban J connectivity index is 1.64. The minimum atomic E-state index is -0.242. The molecule has 0 unspecified atom stereocenters. The zero-order chi connectivity index (χ0) is 17.1. The lowest BCUT2D eigenvalue weighted by Crippen LogP contribution is -2.29. The average molecular weight is 329 g/mol. The van der Waals surface area contributed by atoms with Gasteiger partial charge in [-0.3, -0.25) is 4.79 Å². The Labute approximate surface area is 140 Å². The Morgan fingerprint density at radius 3 is 2.92 bits per heavy atom. The van der Waals surface area contributed by atoms with E-state index in [1.807, 2.05) is 11.0 Å². The molecule has 24 heavy (non-hydrogen) atoms. The molecular formula is C19H20FNO3. The van der Waals surface area contributed by atoms with Crippen molar-refractivity contribution in [3.63, 3.8) is 0 Å². The van der Waals surface area contributed by atoms with Crippen LogP contribution in [0.15, 0.2) is 42.5 Å². The Kier molecular flexibility index (Phi) is 4.69. The lowest BCUT2D eigenvalue weighted by Gasteiger charge is -2.17. The van der Waals surface area contributed by atoms with Gasteiger partial charge in [0.05, 0.1) is 13.5 Å². The van der Waals surface area contributed by atoms with E-state index in [-0.39, 0.29) is 29.8 Å². The Bertz CT molecular complexity index is 747. The second kappa shape index (κ2) is 6.91. The molecular weight excluding hydrogens is 309 g/mol. The number of halogens is 1. The van der Waals surface area contributed by atoms with E-state index in [4.69, 9.17) is 4.74 Å². The van der Waals surface area contributed by atoms with Crippen molar-refractivity contribution >= 4 is 5.91 Å². The summed E-state index contributed by atoms with van der Waals surface area (Å²) in [6, 6.07) is 11.5. The third kappa shape index (κ3) is 3.50. The van der Waals surface area contributed by atoms with Gasteiger partial charge in [-0.1, -0.05) is 18.2 Å². The van der Waals surface area contributed by atoms with Gasteiger partial charge >= 0.3 is 0 Å². The molecule has 0 radical (unpaired) electrons. The van der Waals surface area contributed by atoms with Gasteiger partial charge in [0, 0.05) is 19.0 Å². The molecule has 1 aliphatic rings. The number of likely N-dealkylation sites (tertiary alicyclic amines) is 1. The molecule has 0 spiro atoms. The van der Waals surface area contributed by atoms with Crippen molar-refractivity contribution in [2.24, 2.45) is 0 Å². The van der Waals surface area contributed by atoms with Crippen molar-refractivity contribution in [3.8, 4) is 11.5 Å². The number of hydrogen-bond acceptors (Lipinski definition) is 3. The number of phenols is 1. The summed E-state index contributed by atoms with van der Waals surface area (Å²) in [6.07, 6.45) is 1.10. The van der Waals surface area contributed by atoms with Gasteiger partial charge in [-0.15, -0.1) is 0 Å². The fourth-order valence-corrected chi connectivity index (χ4v) is 3.14. The molecule has 1 fully saturated rings. The number of carbonyl (C=O) groups is 1. The van der Waals surface area contributed by atoms with E-state index in [2.05, 4.69) is 0 Å². The second-order valence-corrected chi connectivity index (χ2v) is 6.06. The second-order valence-electron chi connectivity index (χ2n) is 6.06. The largest absolute Gasteiger partial charge is 0.504 e. The molecule has 1 saturated heterocycles. The summed E-state index contributed by atoms with van der Waals surface area (Å²) < 4.78 is 18.4. The molecule has 1 amide bonds. The highest BCUT2D eigenvalue weighted by atomic mass is 19.1. The van der Waals surface area contributed by atoms with Crippen molar-refractivity contribution in [1.29, 1.82) is 0 Å². The first-order valence-electron chi connectivity index (χ1n) is 7.96. The molecule has 0 aliphatic carbocycles. The van der Waals surface area contributed by atoms with Crippen LogP contribution in [0.5, 0.6) is 11.5 Å². The Morgan fingerprint density at radius 2 is 2.17 bits per heavy atom. The number of methoxy groups -OCH3 is 1. The summed E-state index contributed by atoms with van der Waals surface area (Å²) in [7, 11) is 1.48. The highest BCUT2D eigenvalue weighted by molar-refractivity contribution is 5.79. The van der Waals surface area contributed by atoms with Crippen molar-refractivity contribution in [2.75, 3.05) is 20.2 Å². The number of carbonyl (C=O) groups excluding carboxylic acids is 1. The zero-order valence-electron chi connectivity index (χ0n) is 13.5. The third-order valence-electron chi connectivity index (χ3n) is 4.46. The molecule has 1 heterocycles. The van der Waals surface area contributed by atoms with Gasteiger partial charge in [0.1, 0.15) is 5.82 Å². The van der Waals surface area contributed by atoms with E-state index in [0.717, 1.165) is 17.5 Å². The van der Waals surface area contributed by atoms with E-state index in [0.29, 0.717) is 18.8 Å². The van der Waals surface area contributed by atoms with E-state index in [1.54, 1.807) is 24.3 Å². The molecule has 126 valence electrons. The first-order valence-corrected chi connectivity index (χ1v) is 7.96. The fraction of sp³-hybridized carbons (Fsp3) is 0.316. The highest BCUT2D eigenvalue weighted by Gasteiger charge is 2.27. The maximum absolute atomic E-state index is 13.4. The van der Waals surface area contributed by atoms with Gasteiger partial charge in [0.2, 0.25) is 5.91 Å². The monoisotopic (exact) mass is 329 g/mol. The molecule has 2 aromatic carbocycles. The molecule has 0 saturated carbocycles. The van der Waals surface area contributed by atoms with Crippen LogP contribution in [0.25, 0.3) is 0 Å². The van der Waals surface area contributed by atoms with Crippen molar-refractivity contribution < 1.29 is 19.0 Å². The summed E-state index contributed by atoms with van der Waals surface area (Å²) in [4.78, 5) is 14.3. The number of nitrogens with zero attached hydrogens (tertiary/aromatic N) is 1.